The Balaban J connectivity index is 1.20. The Labute approximate surface area is 184 Å². The molecule has 0 atom stereocenters. The average molecular weight is 422 g/mol. The van der Waals surface area contributed by atoms with Crippen molar-refractivity contribution in [1.82, 2.24) is 5.32 Å². The summed E-state index contributed by atoms with van der Waals surface area (Å²) in [6, 6.07) is 16.8. The molecule has 0 aromatic heterocycles. The van der Waals surface area contributed by atoms with Gasteiger partial charge in [-0.25, -0.2) is 4.79 Å². The molecule has 0 unspecified atom stereocenters. The summed E-state index contributed by atoms with van der Waals surface area (Å²) in [5.41, 5.74) is 4.58. The number of rotatable bonds is 4. The van der Waals surface area contributed by atoms with Gasteiger partial charge in [-0.3, -0.25) is 0 Å². The number of benzene rings is 2. The molecule has 3 aliphatic rings. The molecule has 2 aromatic rings. The number of hydrogen-bond donors (Lipinski definition) is 1. The van der Waals surface area contributed by atoms with Gasteiger partial charge in [-0.05, 0) is 54.9 Å². The van der Waals surface area contributed by atoms with Crippen LogP contribution in [0.2, 0.25) is 0 Å². The minimum atomic E-state index is -0.379. The molecule has 2 aliphatic carbocycles. The minimum absolute atomic E-state index is 0.0764. The highest BCUT2D eigenvalue weighted by Crippen LogP contribution is 2.45. The predicted molar refractivity (Wildman–Crippen MR) is 119 cm³/mol. The Morgan fingerprint density at radius 2 is 1.55 bits per heavy atom. The third kappa shape index (κ3) is 3.85. The van der Waals surface area contributed by atoms with Crippen LogP contribution in [0.15, 0.2) is 48.5 Å². The number of nitrogens with one attached hydrogen (secondary N) is 1. The Hall–Kier alpha value is -2.37. The molecular weight excluding hydrogens is 390 g/mol. The summed E-state index contributed by atoms with van der Waals surface area (Å²) in [5.74, 6) is 0.0648. The molecule has 2 aromatic carbocycles. The zero-order chi connectivity index (χ0) is 21.5. The molecule has 31 heavy (non-hydrogen) atoms. The normalized spacial score (nSPS) is 20.5. The summed E-state index contributed by atoms with van der Waals surface area (Å²) < 4.78 is 17.4. The van der Waals surface area contributed by atoms with Crippen molar-refractivity contribution in [2.75, 3.05) is 19.8 Å². The highest BCUT2D eigenvalue weighted by atomic mass is 16.7. The van der Waals surface area contributed by atoms with E-state index in [1.54, 1.807) is 0 Å². The van der Waals surface area contributed by atoms with E-state index in [2.05, 4.69) is 67.7 Å². The van der Waals surface area contributed by atoms with Crippen LogP contribution in [-0.4, -0.2) is 37.2 Å². The van der Waals surface area contributed by atoms with Crippen LogP contribution < -0.4 is 5.32 Å². The van der Waals surface area contributed by atoms with E-state index in [-0.39, 0.29) is 23.3 Å². The van der Waals surface area contributed by atoms with Crippen LogP contribution in [0, 0.1) is 5.92 Å². The number of carbonyl (C=O) groups is 1. The van der Waals surface area contributed by atoms with Gasteiger partial charge in [0.1, 0.15) is 6.61 Å². The molecule has 1 spiro atoms. The number of alkyl carbamates (subject to hydrolysis) is 1. The van der Waals surface area contributed by atoms with E-state index in [0.717, 1.165) is 25.7 Å². The van der Waals surface area contributed by atoms with Crippen molar-refractivity contribution in [3.63, 3.8) is 0 Å². The first kappa shape index (κ1) is 20.5. The van der Waals surface area contributed by atoms with E-state index in [4.69, 9.17) is 14.2 Å². The van der Waals surface area contributed by atoms with E-state index >= 15 is 0 Å². The second-order valence-corrected chi connectivity index (χ2v) is 9.55. The smallest absolute Gasteiger partial charge is 0.407 e. The van der Waals surface area contributed by atoms with Gasteiger partial charge in [0, 0.05) is 24.3 Å². The van der Waals surface area contributed by atoms with Crippen molar-refractivity contribution in [2.45, 2.75) is 56.8 Å². The summed E-state index contributed by atoms with van der Waals surface area (Å²) in [7, 11) is 0. The molecule has 0 bridgehead atoms. The van der Waals surface area contributed by atoms with Crippen LogP contribution in [-0.2, 0) is 14.2 Å². The van der Waals surface area contributed by atoms with Crippen molar-refractivity contribution in [2.24, 2.45) is 5.92 Å². The molecule has 0 radical (unpaired) electrons. The van der Waals surface area contributed by atoms with Gasteiger partial charge in [-0.2, -0.15) is 0 Å². The fourth-order valence-corrected chi connectivity index (χ4v) is 5.56. The molecule has 5 nitrogen and oxygen atoms in total. The number of hydrogen-bond acceptors (Lipinski definition) is 4. The van der Waals surface area contributed by atoms with Gasteiger partial charge in [0.15, 0.2) is 5.79 Å². The lowest BCUT2D eigenvalue weighted by atomic mass is 9.75. The first-order valence-electron chi connectivity index (χ1n) is 11.4. The molecule has 1 saturated carbocycles. The number of amides is 1. The number of carbonyl (C=O) groups excluding carboxylic acids is 1. The van der Waals surface area contributed by atoms with Gasteiger partial charge < -0.3 is 19.5 Å². The number of fused-ring (bicyclic) bond motifs is 3. The van der Waals surface area contributed by atoms with Crippen LogP contribution in [0.25, 0.3) is 11.1 Å². The Bertz CT molecular complexity index is 908. The standard InChI is InChI=1S/C26H31NO4/c1-25(2,18-11-13-26(14-12-18)30-15-16-31-26)27-24(28)29-17-23-21-9-5-3-7-19(21)20-8-4-6-10-22(20)23/h3-10,18,23H,11-17H2,1-2H3,(H,27,28). The topological polar surface area (TPSA) is 56.8 Å². The molecule has 164 valence electrons. The Kier molecular flexibility index (Phi) is 5.27. The second kappa shape index (κ2) is 7.95. The summed E-state index contributed by atoms with van der Waals surface area (Å²) >= 11 is 0. The maximum absolute atomic E-state index is 12.7. The summed E-state index contributed by atoms with van der Waals surface area (Å²) in [6.07, 6.45) is 3.36. The van der Waals surface area contributed by atoms with Gasteiger partial charge >= 0.3 is 6.09 Å². The van der Waals surface area contributed by atoms with E-state index in [1.165, 1.54) is 22.3 Å². The molecule has 1 heterocycles. The summed E-state index contributed by atoms with van der Waals surface area (Å²) in [4.78, 5) is 12.7. The monoisotopic (exact) mass is 421 g/mol. The van der Waals surface area contributed by atoms with Crippen molar-refractivity contribution in [1.29, 1.82) is 0 Å². The van der Waals surface area contributed by atoms with Crippen LogP contribution in [0.1, 0.15) is 56.6 Å². The third-order valence-electron chi connectivity index (χ3n) is 7.35. The van der Waals surface area contributed by atoms with Crippen molar-refractivity contribution in [3.05, 3.63) is 59.7 Å². The quantitative estimate of drug-likeness (QED) is 0.734. The van der Waals surface area contributed by atoms with Crippen LogP contribution in [0.3, 0.4) is 0 Å². The van der Waals surface area contributed by atoms with E-state index < -0.39 is 0 Å². The van der Waals surface area contributed by atoms with Crippen LogP contribution in [0.4, 0.5) is 4.79 Å². The molecule has 1 saturated heterocycles. The largest absolute Gasteiger partial charge is 0.449 e. The average Bonchev–Trinajstić information content (AvgIpc) is 3.35. The molecule has 2 fully saturated rings. The van der Waals surface area contributed by atoms with Crippen LogP contribution in [0.5, 0.6) is 0 Å². The first-order valence-corrected chi connectivity index (χ1v) is 11.4. The molecule has 1 amide bonds. The van der Waals surface area contributed by atoms with Gasteiger partial charge in [0.05, 0.1) is 13.2 Å². The zero-order valence-electron chi connectivity index (χ0n) is 18.4. The van der Waals surface area contributed by atoms with Crippen molar-refractivity contribution in [3.8, 4) is 11.1 Å². The highest BCUT2D eigenvalue weighted by molar-refractivity contribution is 5.79. The molecule has 1 aliphatic heterocycles. The zero-order valence-corrected chi connectivity index (χ0v) is 18.4. The third-order valence-corrected chi connectivity index (χ3v) is 7.35. The van der Waals surface area contributed by atoms with Gasteiger partial charge in [-0.15, -0.1) is 0 Å². The lowest BCUT2D eigenvalue weighted by Crippen LogP contribution is -2.52. The number of ether oxygens (including phenoxy) is 3. The highest BCUT2D eigenvalue weighted by Gasteiger charge is 2.44. The van der Waals surface area contributed by atoms with Crippen molar-refractivity contribution >= 4 is 6.09 Å². The fourth-order valence-electron chi connectivity index (χ4n) is 5.56. The van der Waals surface area contributed by atoms with E-state index in [1.807, 2.05) is 0 Å². The summed E-state index contributed by atoms with van der Waals surface area (Å²) in [5, 5.41) is 3.13. The Morgan fingerprint density at radius 1 is 1.00 bits per heavy atom. The minimum Gasteiger partial charge on any atom is -0.449 e. The first-order chi connectivity index (χ1) is 15.0. The van der Waals surface area contributed by atoms with Gasteiger partial charge in [0.25, 0.3) is 0 Å². The van der Waals surface area contributed by atoms with Crippen molar-refractivity contribution < 1.29 is 19.0 Å². The maximum atomic E-state index is 12.7. The van der Waals surface area contributed by atoms with Crippen LogP contribution >= 0.6 is 0 Å². The molecular formula is C26H31NO4. The van der Waals surface area contributed by atoms with E-state index in [9.17, 15) is 4.79 Å². The lowest BCUT2D eigenvalue weighted by molar-refractivity contribution is -0.185. The maximum Gasteiger partial charge on any atom is 0.407 e. The molecule has 5 heteroatoms. The van der Waals surface area contributed by atoms with E-state index in [0.29, 0.717) is 25.7 Å². The molecule has 5 rings (SSSR count). The Morgan fingerprint density at radius 3 is 2.13 bits per heavy atom. The lowest BCUT2D eigenvalue weighted by Gasteiger charge is -2.42. The molecule has 1 N–H and O–H groups in total. The predicted octanol–water partition coefficient (Wildman–Crippen LogP) is 5.24. The SMILES string of the molecule is CC(C)(NC(=O)OCC1c2ccccc2-c2ccccc21)C1CCC2(CC1)OCCO2. The second-order valence-electron chi connectivity index (χ2n) is 9.55. The van der Waals surface area contributed by atoms with Gasteiger partial charge in [-0.1, -0.05) is 48.5 Å². The fraction of sp³-hybridized carbons (Fsp3) is 0.500. The van der Waals surface area contributed by atoms with Gasteiger partial charge in [0.2, 0.25) is 0 Å². The summed E-state index contributed by atoms with van der Waals surface area (Å²) in [6.45, 7) is 5.89.